The average Bonchev–Trinajstić information content (AvgIpc) is 3.28. The second-order valence-electron chi connectivity index (χ2n) is 7.76. The van der Waals surface area contributed by atoms with E-state index >= 15 is 0 Å². The Labute approximate surface area is 170 Å². The number of imidazole rings is 1. The predicted octanol–water partition coefficient (Wildman–Crippen LogP) is 2.63. The van der Waals surface area contributed by atoms with E-state index in [1.807, 2.05) is 0 Å². The number of fused-ring (bicyclic) bond motifs is 1. The minimum absolute atomic E-state index is 0.153. The maximum absolute atomic E-state index is 14.7. The Bertz CT molecular complexity index is 1100. The van der Waals surface area contributed by atoms with E-state index in [4.69, 9.17) is 4.74 Å². The summed E-state index contributed by atoms with van der Waals surface area (Å²) in [6, 6.07) is 1.65. The fourth-order valence-corrected chi connectivity index (χ4v) is 3.52. The molecule has 3 N–H and O–H groups in total. The number of aromatic nitrogens is 3. The molecule has 0 saturated carbocycles. The number of rotatable bonds is 5. The number of methoxy groups -OCH3 is 1. The predicted molar refractivity (Wildman–Crippen MR) is 105 cm³/mol. The van der Waals surface area contributed by atoms with Gasteiger partial charge in [-0.1, -0.05) is 0 Å². The van der Waals surface area contributed by atoms with Crippen LogP contribution in [-0.4, -0.2) is 51.9 Å². The summed E-state index contributed by atoms with van der Waals surface area (Å²) in [6.45, 7) is 3.64. The minimum Gasteiger partial charge on any atom is -0.496 e. The van der Waals surface area contributed by atoms with Gasteiger partial charge >= 0.3 is 0 Å². The molecule has 160 valence electrons. The largest absolute Gasteiger partial charge is 0.496 e. The Kier molecular flexibility index (Phi) is 5.07. The van der Waals surface area contributed by atoms with Crippen molar-refractivity contribution in [2.45, 2.75) is 31.7 Å². The number of nitrogens with zero attached hydrogens (tertiary/aromatic N) is 3. The second kappa shape index (κ2) is 7.44. The highest BCUT2D eigenvalue weighted by Gasteiger charge is 2.29. The van der Waals surface area contributed by atoms with Crippen molar-refractivity contribution < 1.29 is 23.0 Å². The molecule has 0 bridgehead atoms. The fourth-order valence-electron chi connectivity index (χ4n) is 3.52. The molecule has 1 aliphatic heterocycles. The molecule has 1 saturated heterocycles. The lowest BCUT2D eigenvalue weighted by molar-refractivity contribution is 0.0752. The van der Waals surface area contributed by atoms with Crippen molar-refractivity contribution in [2.75, 3.05) is 25.5 Å². The van der Waals surface area contributed by atoms with E-state index in [-0.39, 0.29) is 23.8 Å². The third-order valence-corrected chi connectivity index (χ3v) is 5.12. The van der Waals surface area contributed by atoms with Gasteiger partial charge in [0.15, 0.2) is 17.5 Å². The van der Waals surface area contributed by atoms with Gasteiger partial charge < -0.3 is 20.5 Å². The smallest absolute Gasteiger partial charge is 0.168 e. The molecule has 0 amide bonds. The summed E-state index contributed by atoms with van der Waals surface area (Å²) < 4.78 is 49.7. The van der Waals surface area contributed by atoms with Gasteiger partial charge in [-0.05, 0) is 13.8 Å². The van der Waals surface area contributed by atoms with Crippen LogP contribution in [0.2, 0.25) is 0 Å². The number of hydrogen-bond donors (Lipinski definition) is 3. The van der Waals surface area contributed by atoms with Crippen LogP contribution < -0.4 is 15.4 Å². The lowest BCUT2D eigenvalue weighted by Crippen LogP contribution is -2.30. The van der Waals surface area contributed by atoms with Gasteiger partial charge in [-0.2, -0.15) is 0 Å². The molecule has 2 atom stereocenters. The zero-order chi connectivity index (χ0) is 21.6. The van der Waals surface area contributed by atoms with Gasteiger partial charge in [0.05, 0.1) is 30.6 Å². The Morgan fingerprint density at radius 3 is 2.67 bits per heavy atom. The molecule has 0 aromatic carbocycles. The number of ether oxygens (including phenoxy) is 1. The zero-order valence-electron chi connectivity index (χ0n) is 16.7. The first-order chi connectivity index (χ1) is 14.2. The number of hydrogen-bond acceptors (Lipinski definition) is 6. The summed E-state index contributed by atoms with van der Waals surface area (Å²) >= 11 is 0. The summed E-state index contributed by atoms with van der Waals surface area (Å²) in [4.78, 5) is 8.33. The Morgan fingerprint density at radius 1 is 1.27 bits per heavy atom. The second-order valence-corrected chi connectivity index (χ2v) is 7.76. The summed E-state index contributed by atoms with van der Waals surface area (Å²) in [5, 5.41) is 16.0. The number of aliphatic hydroxyl groups is 1. The SMILES string of the molecule is COc1cc2ncc(-c3nc(NC4CNCC4F)c(F)cc3F)n2cc1C(C)(C)O. The van der Waals surface area contributed by atoms with Crippen LogP contribution in [0, 0.1) is 11.6 Å². The molecular formula is C20H22F3N5O2. The van der Waals surface area contributed by atoms with Crippen molar-refractivity contribution in [3.8, 4) is 17.1 Å². The standard InChI is InChI=1S/C20H22F3N5O2/c1-20(2,29)10-9-28-15(8-25-17(28)5-16(10)30-3)18-11(21)4-12(22)19(27-18)26-14-7-24-6-13(14)23/h4-5,8-9,13-14,24,29H,6-7H2,1-3H3,(H,26,27). The Hall–Kier alpha value is -2.85. The molecule has 10 heteroatoms. The number of pyridine rings is 2. The first kappa shape index (κ1) is 20.4. The molecule has 0 aliphatic carbocycles. The van der Waals surface area contributed by atoms with Crippen LogP contribution in [0.15, 0.2) is 24.5 Å². The van der Waals surface area contributed by atoms with E-state index in [9.17, 15) is 18.3 Å². The molecular weight excluding hydrogens is 399 g/mol. The van der Waals surface area contributed by atoms with Crippen LogP contribution in [0.25, 0.3) is 17.0 Å². The van der Waals surface area contributed by atoms with Crippen LogP contribution in [0.1, 0.15) is 19.4 Å². The van der Waals surface area contributed by atoms with Crippen molar-refractivity contribution >= 4 is 11.5 Å². The molecule has 2 unspecified atom stereocenters. The van der Waals surface area contributed by atoms with Gasteiger partial charge in [0.25, 0.3) is 0 Å². The van der Waals surface area contributed by atoms with Crippen molar-refractivity contribution in [3.63, 3.8) is 0 Å². The Morgan fingerprint density at radius 2 is 2.03 bits per heavy atom. The van der Waals surface area contributed by atoms with Gasteiger partial charge in [-0.15, -0.1) is 0 Å². The molecule has 4 heterocycles. The van der Waals surface area contributed by atoms with E-state index in [0.717, 1.165) is 0 Å². The highest BCUT2D eigenvalue weighted by atomic mass is 19.1. The van der Waals surface area contributed by atoms with E-state index in [1.165, 1.54) is 17.7 Å². The van der Waals surface area contributed by atoms with Crippen molar-refractivity contribution in [2.24, 2.45) is 0 Å². The third-order valence-electron chi connectivity index (χ3n) is 5.12. The molecule has 0 radical (unpaired) electrons. The molecule has 3 aromatic rings. The van der Waals surface area contributed by atoms with Crippen molar-refractivity contribution in [1.29, 1.82) is 0 Å². The molecule has 7 nitrogen and oxygen atoms in total. The lowest BCUT2D eigenvalue weighted by atomic mass is 9.99. The molecule has 4 rings (SSSR count). The highest BCUT2D eigenvalue weighted by Crippen LogP contribution is 2.33. The maximum atomic E-state index is 14.7. The summed E-state index contributed by atoms with van der Waals surface area (Å²) in [6.07, 6.45) is 1.76. The quantitative estimate of drug-likeness (QED) is 0.588. The number of anilines is 1. The highest BCUT2D eigenvalue weighted by molar-refractivity contribution is 5.65. The molecule has 1 fully saturated rings. The van der Waals surface area contributed by atoms with Gasteiger partial charge in [-0.25, -0.2) is 23.1 Å². The summed E-state index contributed by atoms with van der Waals surface area (Å²) in [5.74, 6) is -1.62. The lowest BCUT2D eigenvalue weighted by Gasteiger charge is -2.21. The molecule has 30 heavy (non-hydrogen) atoms. The van der Waals surface area contributed by atoms with Gasteiger partial charge in [0, 0.05) is 37.0 Å². The zero-order valence-corrected chi connectivity index (χ0v) is 16.7. The molecule has 1 aliphatic rings. The van der Waals surface area contributed by atoms with Crippen LogP contribution in [0.3, 0.4) is 0 Å². The van der Waals surface area contributed by atoms with Crippen LogP contribution >= 0.6 is 0 Å². The first-order valence-electron chi connectivity index (χ1n) is 9.44. The number of halogens is 3. The van der Waals surface area contributed by atoms with Crippen LogP contribution in [-0.2, 0) is 5.60 Å². The topological polar surface area (TPSA) is 83.7 Å². The maximum Gasteiger partial charge on any atom is 0.168 e. The normalized spacial score (nSPS) is 19.4. The molecule has 3 aromatic heterocycles. The van der Waals surface area contributed by atoms with E-state index in [1.54, 1.807) is 26.1 Å². The van der Waals surface area contributed by atoms with E-state index in [0.29, 0.717) is 29.6 Å². The first-order valence-corrected chi connectivity index (χ1v) is 9.44. The average molecular weight is 421 g/mol. The molecule has 0 spiro atoms. The van der Waals surface area contributed by atoms with Crippen LogP contribution in [0.4, 0.5) is 19.0 Å². The van der Waals surface area contributed by atoms with Gasteiger partial charge in [-0.3, -0.25) is 4.40 Å². The summed E-state index contributed by atoms with van der Waals surface area (Å²) in [5.41, 5.74) is -0.262. The Balaban J connectivity index is 1.82. The van der Waals surface area contributed by atoms with E-state index < -0.39 is 29.4 Å². The fraction of sp³-hybridized carbons (Fsp3) is 0.400. The number of alkyl halides is 1. The van der Waals surface area contributed by atoms with Gasteiger partial charge in [0.1, 0.15) is 23.3 Å². The van der Waals surface area contributed by atoms with Crippen molar-refractivity contribution in [1.82, 2.24) is 19.7 Å². The van der Waals surface area contributed by atoms with Crippen molar-refractivity contribution in [3.05, 3.63) is 41.7 Å². The number of nitrogens with one attached hydrogen (secondary N) is 2. The minimum atomic E-state index is -1.24. The monoisotopic (exact) mass is 421 g/mol. The van der Waals surface area contributed by atoms with Gasteiger partial charge in [0.2, 0.25) is 0 Å². The summed E-state index contributed by atoms with van der Waals surface area (Å²) in [7, 11) is 1.47. The third kappa shape index (κ3) is 3.56. The van der Waals surface area contributed by atoms with Crippen LogP contribution in [0.5, 0.6) is 5.75 Å². The van der Waals surface area contributed by atoms with E-state index in [2.05, 4.69) is 20.6 Å².